The van der Waals surface area contributed by atoms with Crippen molar-refractivity contribution in [2.75, 3.05) is 13.2 Å². The summed E-state index contributed by atoms with van der Waals surface area (Å²) in [6.45, 7) is -5.02. The highest BCUT2D eigenvalue weighted by molar-refractivity contribution is 5.82. The zero-order valence-electron chi connectivity index (χ0n) is 20.9. The predicted molar refractivity (Wildman–Crippen MR) is 101 cm³/mol. The largest absolute Gasteiger partial charge is 0.456 e. The van der Waals surface area contributed by atoms with Gasteiger partial charge in [-0.1, -0.05) is 12.2 Å². The molecule has 0 aliphatic heterocycles. The maximum atomic E-state index is 13.9. The van der Waals surface area contributed by atoms with Crippen molar-refractivity contribution < 1.29 is 107 Å². The molecule has 44 heavy (non-hydrogen) atoms. The highest BCUT2D eigenvalue weighted by Gasteiger charge is 2.97. The lowest BCUT2D eigenvalue weighted by molar-refractivity contribution is -0.469. The van der Waals surface area contributed by atoms with Gasteiger partial charge in [-0.15, -0.1) is 0 Å². The summed E-state index contributed by atoms with van der Waals surface area (Å²) in [5.41, 5.74) is 0. The maximum absolute atomic E-state index is 13.9. The number of halogens is 20. The van der Waals surface area contributed by atoms with E-state index in [1.165, 1.54) is 0 Å². The molecule has 0 radical (unpaired) electrons. The van der Waals surface area contributed by atoms with Gasteiger partial charge in [0.15, 0.2) is 13.2 Å². The Hall–Kier alpha value is -2.98. The fourth-order valence-electron chi connectivity index (χ4n) is 2.52. The zero-order valence-corrected chi connectivity index (χ0v) is 20.9. The summed E-state index contributed by atoms with van der Waals surface area (Å²) < 4.78 is 282. The van der Waals surface area contributed by atoms with Gasteiger partial charge in [0.2, 0.25) is 0 Å². The molecule has 0 heterocycles. The molecule has 0 spiro atoms. The summed E-state index contributed by atoms with van der Waals surface area (Å²) in [6, 6.07) is 0. The molecule has 0 aromatic rings. The molecule has 0 amide bonds. The number of ether oxygens (including phenoxy) is 2. The summed E-state index contributed by atoms with van der Waals surface area (Å²) in [6.07, 6.45) is 1.39. The van der Waals surface area contributed by atoms with Gasteiger partial charge in [0.05, 0.1) is 0 Å². The molecule has 0 rings (SSSR count). The van der Waals surface area contributed by atoms with E-state index in [4.69, 9.17) is 0 Å². The van der Waals surface area contributed by atoms with Crippen molar-refractivity contribution in [3.63, 3.8) is 0 Å². The summed E-state index contributed by atoms with van der Waals surface area (Å²) >= 11 is 0. The minimum atomic E-state index is -9.19. The molecule has 4 nitrogen and oxygen atoms in total. The zero-order chi connectivity index (χ0) is 35.8. The van der Waals surface area contributed by atoms with Gasteiger partial charge in [-0.3, -0.25) is 0 Å². The lowest BCUT2D eigenvalue weighted by Gasteiger charge is -2.45. The van der Waals surface area contributed by atoms with E-state index in [0.29, 0.717) is 12.2 Å². The van der Waals surface area contributed by atoms with Gasteiger partial charge in [-0.05, 0) is 13.8 Å². The van der Waals surface area contributed by atoms with E-state index >= 15 is 0 Å². The van der Waals surface area contributed by atoms with Crippen molar-refractivity contribution >= 4 is 11.9 Å². The Balaban J connectivity index is 6.91. The lowest BCUT2D eigenvalue weighted by atomic mass is 9.85. The predicted octanol–water partition coefficient (Wildman–Crippen LogP) is 7.58. The third-order valence-corrected chi connectivity index (χ3v) is 5.08. The molecule has 0 saturated carbocycles. The van der Waals surface area contributed by atoms with Crippen molar-refractivity contribution in [1.29, 1.82) is 0 Å². The lowest BCUT2D eigenvalue weighted by Crippen LogP contribution is -2.77. The number of allylic oxidation sites excluding steroid dienone is 2. The maximum Gasteiger partial charge on any atom is 0.385 e. The molecule has 0 atom stereocenters. The topological polar surface area (TPSA) is 52.6 Å². The van der Waals surface area contributed by atoms with E-state index in [1.54, 1.807) is 0 Å². The Bertz CT molecular complexity index is 1020. The van der Waals surface area contributed by atoms with E-state index in [1.807, 2.05) is 0 Å². The number of esters is 2. The monoisotopic (exact) mass is 698 g/mol. The van der Waals surface area contributed by atoms with Crippen molar-refractivity contribution in [2.45, 2.75) is 73.1 Å². The normalized spacial score (nSPS) is 15.7. The molecule has 258 valence electrons. The first kappa shape index (κ1) is 41.0. The third kappa shape index (κ3) is 6.12. The minimum absolute atomic E-state index is 0.0868. The Morgan fingerprint density at radius 3 is 0.773 bits per heavy atom. The van der Waals surface area contributed by atoms with Gasteiger partial charge in [-0.2, -0.15) is 87.8 Å². The van der Waals surface area contributed by atoms with Crippen LogP contribution in [0.1, 0.15) is 13.8 Å². The molecule has 0 aliphatic rings. The highest BCUT2D eigenvalue weighted by Crippen LogP contribution is 2.66. The van der Waals surface area contributed by atoms with Crippen molar-refractivity contribution in [2.24, 2.45) is 0 Å². The van der Waals surface area contributed by atoms with Crippen molar-refractivity contribution in [3.8, 4) is 0 Å². The van der Waals surface area contributed by atoms with Crippen LogP contribution in [-0.2, 0) is 19.1 Å². The van der Waals surface area contributed by atoms with Crippen LogP contribution >= 0.6 is 0 Å². The van der Waals surface area contributed by atoms with E-state index in [-0.39, 0.29) is 12.2 Å². The average Bonchev–Trinajstić information content (AvgIpc) is 2.85. The number of hydrogen-bond acceptors (Lipinski definition) is 4. The van der Waals surface area contributed by atoms with Gasteiger partial charge >= 0.3 is 71.2 Å². The van der Waals surface area contributed by atoms with Gasteiger partial charge < -0.3 is 9.47 Å². The van der Waals surface area contributed by atoms with E-state index < -0.39 is 84.4 Å². The van der Waals surface area contributed by atoms with Crippen LogP contribution in [0.25, 0.3) is 0 Å². The highest BCUT2D eigenvalue weighted by atomic mass is 19.4. The number of alkyl halides is 20. The third-order valence-electron chi connectivity index (χ3n) is 5.08. The quantitative estimate of drug-likeness (QED) is 0.101. The Morgan fingerprint density at radius 2 is 0.591 bits per heavy atom. The molecule has 0 saturated heterocycles. The summed E-state index contributed by atoms with van der Waals surface area (Å²) in [4.78, 5) is 21.7. The van der Waals surface area contributed by atoms with Crippen LogP contribution in [0.15, 0.2) is 24.3 Å². The van der Waals surface area contributed by atoms with Crippen LogP contribution in [0.2, 0.25) is 0 Å². The molecule has 24 heteroatoms. The number of carbonyl (C=O) groups excluding carboxylic acids is 2. The molecule has 0 unspecified atom stereocenters. The molecule has 0 N–H and O–H groups in total. The van der Waals surface area contributed by atoms with E-state index in [2.05, 4.69) is 9.47 Å². The van der Waals surface area contributed by atoms with E-state index in [9.17, 15) is 97.4 Å². The summed E-state index contributed by atoms with van der Waals surface area (Å²) in [5, 5.41) is 0. The van der Waals surface area contributed by atoms with Crippen LogP contribution in [0.5, 0.6) is 0 Å². The van der Waals surface area contributed by atoms with E-state index in [0.717, 1.165) is 13.8 Å². The summed E-state index contributed by atoms with van der Waals surface area (Å²) in [7, 11) is 0. The molecule has 0 aromatic heterocycles. The Labute approximate surface area is 230 Å². The molecular weight excluding hydrogens is 684 g/mol. The van der Waals surface area contributed by atoms with Crippen molar-refractivity contribution in [1.82, 2.24) is 0 Å². The fourth-order valence-corrected chi connectivity index (χ4v) is 2.52. The van der Waals surface area contributed by atoms with Crippen LogP contribution in [0, 0.1) is 0 Å². The van der Waals surface area contributed by atoms with Crippen molar-refractivity contribution in [3.05, 3.63) is 24.3 Å². The average molecular weight is 698 g/mol. The molecule has 0 aliphatic carbocycles. The van der Waals surface area contributed by atoms with Gasteiger partial charge in [0.25, 0.3) is 0 Å². The SMILES string of the molecule is CC=CC(=O)OCC(F)(F)C(F)(F)C(F)(F)C(F)(F)C(F)(F)C(F)(F)C(F)(F)C(F)(F)C(F)(F)C(F)(F)COC(=O)C=CC. The van der Waals surface area contributed by atoms with Crippen LogP contribution < -0.4 is 0 Å². The molecule has 0 fully saturated rings. The van der Waals surface area contributed by atoms with Crippen LogP contribution in [-0.4, -0.2) is 84.4 Å². The van der Waals surface area contributed by atoms with Gasteiger partial charge in [0, 0.05) is 12.2 Å². The fraction of sp³-hybridized carbons (Fsp3) is 0.700. The second-order valence-electron chi connectivity index (χ2n) is 8.22. The van der Waals surface area contributed by atoms with Gasteiger partial charge in [-0.25, -0.2) is 9.59 Å². The van der Waals surface area contributed by atoms with Crippen LogP contribution in [0.3, 0.4) is 0 Å². The smallest absolute Gasteiger partial charge is 0.385 e. The Kier molecular flexibility index (Phi) is 11.3. The Morgan fingerprint density at radius 1 is 0.409 bits per heavy atom. The second-order valence-corrected chi connectivity index (χ2v) is 8.22. The molecular formula is C20H14F20O4. The van der Waals surface area contributed by atoms with Crippen LogP contribution in [0.4, 0.5) is 87.8 Å². The standard InChI is InChI=1S/C20H14F20O4/c1-3-5-9(41)43-7-11(21,22)13(25,26)15(29,30)17(33,34)19(37,38)20(39,40)18(35,36)16(31,32)14(27,28)12(23,24)8-44-10(42)6-4-2/h3-6H,7-8H2,1-2H3. The number of rotatable bonds is 15. The second kappa shape index (κ2) is 12.1. The summed E-state index contributed by atoms with van der Waals surface area (Å²) in [5.74, 6) is -88.4. The first-order chi connectivity index (χ1) is 19.2. The minimum Gasteiger partial charge on any atom is -0.456 e. The first-order valence-corrected chi connectivity index (χ1v) is 10.5. The number of hydrogen-bond donors (Lipinski definition) is 0. The number of carbonyl (C=O) groups is 2. The first-order valence-electron chi connectivity index (χ1n) is 10.5. The molecule has 0 aromatic carbocycles. The molecule has 0 bridgehead atoms. The van der Waals surface area contributed by atoms with Gasteiger partial charge in [0.1, 0.15) is 0 Å².